The number of halogens is 1. The smallest absolute Gasteiger partial charge is 0.257 e. The van der Waals surface area contributed by atoms with Gasteiger partial charge >= 0.3 is 0 Å². The third-order valence-electron chi connectivity index (χ3n) is 4.51. The van der Waals surface area contributed by atoms with E-state index in [1.54, 1.807) is 4.90 Å². The summed E-state index contributed by atoms with van der Waals surface area (Å²) in [7, 11) is -3.77. The molecule has 0 unspecified atom stereocenters. The molecule has 8 heteroatoms. The van der Waals surface area contributed by atoms with Gasteiger partial charge in [-0.25, -0.2) is 12.8 Å². The van der Waals surface area contributed by atoms with E-state index in [-0.39, 0.29) is 35.6 Å². The van der Waals surface area contributed by atoms with Gasteiger partial charge in [0.05, 0.1) is 23.7 Å². The van der Waals surface area contributed by atoms with E-state index in [0.29, 0.717) is 13.2 Å². The molecule has 0 spiro atoms. The lowest BCUT2D eigenvalue weighted by Crippen LogP contribution is -2.41. The fourth-order valence-corrected chi connectivity index (χ4v) is 4.51. The molecule has 2 fully saturated rings. The summed E-state index contributed by atoms with van der Waals surface area (Å²) in [4.78, 5) is 14.4. The number of rotatable bonds is 5. The second-order valence-corrected chi connectivity index (χ2v) is 8.63. The SMILES string of the molecule is CC(C)N(C(=O)c1cc(S(=O)(=O)N2CCOCC2)ccc1F)C1CC1. The molecule has 3 rings (SSSR count). The zero-order valence-corrected chi connectivity index (χ0v) is 15.3. The maximum absolute atomic E-state index is 14.3. The van der Waals surface area contributed by atoms with Crippen molar-refractivity contribution in [3.8, 4) is 0 Å². The number of benzene rings is 1. The Labute approximate surface area is 147 Å². The number of carbonyl (C=O) groups excluding carboxylic acids is 1. The van der Waals surface area contributed by atoms with Crippen molar-refractivity contribution in [1.82, 2.24) is 9.21 Å². The predicted molar refractivity (Wildman–Crippen MR) is 90.3 cm³/mol. The maximum atomic E-state index is 14.3. The van der Waals surface area contributed by atoms with E-state index in [4.69, 9.17) is 4.74 Å². The Morgan fingerprint density at radius 1 is 1.28 bits per heavy atom. The van der Waals surface area contributed by atoms with E-state index in [0.717, 1.165) is 18.9 Å². The number of nitrogens with zero attached hydrogens (tertiary/aromatic N) is 2. The molecule has 0 aromatic heterocycles. The first-order chi connectivity index (χ1) is 11.8. The monoisotopic (exact) mass is 370 g/mol. The highest BCUT2D eigenvalue weighted by Gasteiger charge is 2.36. The second kappa shape index (κ2) is 7.01. The third-order valence-corrected chi connectivity index (χ3v) is 6.40. The Bertz CT molecular complexity index is 754. The van der Waals surface area contributed by atoms with Crippen LogP contribution in [0.5, 0.6) is 0 Å². The molecule has 0 bridgehead atoms. The van der Waals surface area contributed by atoms with Crippen molar-refractivity contribution in [3.05, 3.63) is 29.6 Å². The number of carbonyl (C=O) groups is 1. The molecule has 1 aliphatic carbocycles. The first-order valence-electron chi connectivity index (χ1n) is 8.52. The Balaban J connectivity index is 1.93. The molecule has 138 valence electrons. The highest BCUT2D eigenvalue weighted by molar-refractivity contribution is 7.89. The second-order valence-electron chi connectivity index (χ2n) is 6.70. The van der Waals surface area contributed by atoms with Gasteiger partial charge in [-0.3, -0.25) is 4.79 Å². The summed E-state index contributed by atoms with van der Waals surface area (Å²) in [6.07, 6.45) is 1.80. The van der Waals surface area contributed by atoms with Crippen LogP contribution in [0.4, 0.5) is 4.39 Å². The largest absolute Gasteiger partial charge is 0.379 e. The van der Waals surface area contributed by atoms with Crippen molar-refractivity contribution in [3.63, 3.8) is 0 Å². The van der Waals surface area contributed by atoms with Crippen LogP contribution in [-0.2, 0) is 14.8 Å². The molecule has 0 radical (unpaired) electrons. The fraction of sp³-hybridized carbons (Fsp3) is 0.588. The van der Waals surface area contributed by atoms with Crippen LogP contribution in [-0.4, -0.2) is 61.9 Å². The highest BCUT2D eigenvalue weighted by Crippen LogP contribution is 2.31. The minimum atomic E-state index is -3.77. The van der Waals surface area contributed by atoms with Crippen molar-refractivity contribution in [2.75, 3.05) is 26.3 Å². The molecule has 2 aliphatic rings. The van der Waals surface area contributed by atoms with Crippen LogP contribution in [0, 0.1) is 5.82 Å². The van der Waals surface area contributed by atoms with Crippen LogP contribution in [0.25, 0.3) is 0 Å². The van der Waals surface area contributed by atoms with Crippen LogP contribution in [0.2, 0.25) is 0 Å². The van der Waals surface area contributed by atoms with Gasteiger partial charge in [-0.2, -0.15) is 4.31 Å². The van der Waals surface area contributed by atoms with Gasteiger partial charge in [0.1, 0.15) is 5.82 Å². The van der Waals surface area contributed by atoms with Gasteiger partial charge in [-0.05, 0) is 44.9 Å². The molecule has 6 nitrogen and oxygen atoms in total. The molecule has 1 saturated heterocycles. The summed E-state index contributed by atoms with van der Waals surface area (Å²) in [5.74, 6) is -1.15. The van der Waals surface area contributed by atoms with Gasteiger partial charge in [0.15, 0.2) is 0 Å². The molecule has 25 heavy (non-hydrogen) atoms. The number of morpholine rings is 1. The standard InChI is InChI=1S/C17H23FN2O4S/c1-12(2)20(13-3-4-13)17(21)15-11-14(5-6-16(15)18)25(22,23)19-7-9-24-10-8-19/h5-6,11-13H,3-4,7-10H2,1-2H3. The fourth-order valence-electron chi connectivity index (χ4n) is 3.08. The van der Waals surface area contributed by atoms with Crippen LogP contribution in [0.3, 0.4) is 0 Å². The molecule has 1 saturated carbocycles. The summed E-state index contributed by atoms with van der Waals surface area (Å²) in [5.41, 5.74) is -0.185. The topological polar surface area (TPSA) is 66.9 Å². The highest BCUT2D eigenvalue weighted by atomic mass is 32.2. The third kappa shape index (κ3) is 3.70. The molecular formula is C17H23FN2O4S. The maximum Gasteiger partial charge on any atom is 0.257 e. The van der Waals surface area contributed by atoms with Crippen molar-refractivity contribution in [1.29, 1.82) is 0 Å². The molecule has 0 atom stereocenters. The van der Waals surface area contributed by atoms with Gasteiger partial charge in [-0.1, -0.05) is 0 Å². The first kappa shape index (κ1) is 18.3. The molecule has 1 aromatic rings. The summed E-state index contributed by atoms with van der Waals surface area (Å²) in [5, 5.41) is 0. The minimum Gasteiger partial charge on any atom is -0.379 e. The van der Waals surface area contributed by atoms with E-state index >= 15 is 0 Å². The zero-order valence-electron chi connectivity index (χ0n) is 14.4. The van der Waals surface area contributed by atoms with E-state index in [1.807, 2.05) is 13.8 Å². The Kier molecular flexibility index (Phi) is 5.13. The normalized spacial score (nSPS) is 19.2. The predicted octanol–water partition coefficient (Wildman–Crippen LogP) is 1.86. The Morgan fingerprint density at radius 3 is 2.48 bits per heavy atom. The zero-order chi connectivity index (χ0) is 18.2. The lowest BCUT2D eigenvalue weighted by molar-refractivity contribution is 0.0684. The van der Waals surface area contributed by atoms with Crippen LogP contribution in [0.1, 0.15) is 37.0 Å². The van der Waals surface area contributed by atoms with Gasteiger partial charge < -0.3 is 9.64 Å². The van der Waals surface area contributed by atoms with Crippen LogP contribution < -0.4 is 0 Å². The average Bonchev–Trinajstić information content (AvgIpc) is 3.40. The Hall–Kier alpha value is -1.51. The Morgan fingerprint density at radius 2 is 1.92 bits per heavy atom. The number of hydrogen-bond donors (Lipinski definition) is 0. The summed E-state index contributed by atoms with van der Waals surface area (Å²) in [6, 6.07) is 3.49. The molecule has 1 aliphatic heterocycles. The van der Waals surface area contributed by atoms with Crippen LogP contribution >= 0.6 is 0 Å². The van der Waals surface area contributed by atoms with Crippen molar-refractivity contribution in [2.45, 2.75) is 43.7 Å². The van der Waals surface area contributed by atoms with Crippen molar-refractivity contribution < 1.29 is 22.3 Å². The van der Waals surface area contributed by atoms with Gasteiger partial charge in [0.25, 0.3) is 5.91 Å². The first-order valence-corrected chi connectivity index (χ1v) is 9.96. The minimum absolute atomic E-state index is 0.0568. The van der Waals surface area contributed by atoms with Gasteiger partial charge in [0, 0.05) is 25.2 Å². The molecule has 1 amide bonds. The van der Waals surface area contributed by atoms with Crippen molar-refractivity contribution in [2.24, 2.45) is 0 Å². The van der Waals surface area contributed by atoms with Gasteiger partial charge in [0.2, 0.25) is 10.0 Å². The van der Waals surface area contributed by atoms with Crippen LogP contribution in [0.15, 0.2) is 23.1 Å². The lowest BCUT2D eigenvalue weighted by atomic mass is 10.1. The molecule has 1 aromatic carbocycles. The average molecular weight is 370 g/mol. The molecular weight excluding hydrogens is 347 g/mol. The molecule has 1 heterocycles. The van der Waals surface area contributed by atoms with E-state index in [2.05, 4.69) is 0 Å². The van der Waals surface area contributed by atoms with Gasteiger partial charge in [-0.15, -0.1) is 0 Å². The quantitative estimate of drug-likeness (QED) is 0.793. The summed E-state index contributed by atoms with van der Waals surface area (Å²) < 4.78 is 46.3. The van der Waals surface area contributed by atoms with E-state index in [9.17, 15) is 17.6 Å². The number of amides is 1. The number of hydrogen-bond acceptors (Lipinski definition) is 4. The molecule has 0 N–H and O–H groups in total. The number of ether oxygens (including phenoxy) is 1. The summed E-state index contributed by atoms with van der Waals surface area (Å²) in [6.45, 7) is 4.92. The number of sulfonamides is 1. The van der Waals surface area contributed by atoms with E-state index < -0.39 is 21.7 Å². The van der Waals surface area contributed by atoms with Crippen molar-refractivity contribution >= 4 is 15.9 Å². The lowest BCUT2D eigenvalue weighted by Gasteiger charge is -2.28. The summed E-state index contributed by atoms with van der Waals surface area (Å²) >= 11 is 0. The van der Waals surface area contributed by atoms with E-state index in [1.165, 1.54) is 16.4 Å².